The molecule has 0 N–H and O–H groups in total. The van der Waals surface area contributed by atoms with Crippen LogP contribution in [0.5, 0.6) is 0 Å². The molecule has 3 rings (SSSR count). The van der Waals surface area contributed by atoms with Gasteiger partial charge in [-0.25, -0.2) is 9.78 Å². The quantitative estimate of drug-likeness (QED) is 0.461. The van der Waals surface area contributed by atoms with Crippen molar-refractivity contribution >= 4 is 45.9 Å². The van der Waals surface area contributed by atoms with Gasteiger partial charge >= 0.3 is 11.7 Å². The van der Waals surface area contributed by atoms with Crippen molar-refractivity contribution in [2.24, 2.45) is 14.1 Å². The van der Waals surface area contributed by atoms with Gasteiger partial charge in [0.1, 0.15) is 6.54 Å². The number of carbonyl (C=O) groups is 2. The standard InChI is InChI=1S/C15H13ClN4O5S/c1-18-13-12(14(23)19(2)15(18)24)20(7-17-13)5-11(22)25-6-8(21)9-3-4-10(16)26-9/h3-4,7H,5-6H2,1-2H3. The minimum absolute atomic E-state index is 0.0999. The zero-order valence-corrected chi connectivity index (χ0v) is 15.3. The molecule has 0 saturated carbocycles. The summed E-state index contributed by atoms with van der Waals surface area (Å²) in [7, 11) is 2.81. The molecule has 0 spiro atoms. The second kappa shape index (κ2) is 6.89. The summed E-state index contributed by atoms with van der Waals surface area (Å²) < 4.78 is 8.85. The summed E-state index contributed by atoms with van der Waals surface area (Å²) in [6.45, 7) is -0.749. The van der Waals surface area contributed by atoms with Gasteiger partial charge in [-0.3, -0.25) is 23.5 Å². The van der Waals surface area contributed by atoms with E-state index in [4.69, 9.17) is 16.3 Å². The van der Waals surface area contributed by atoms with Gasteiger partial charge in [-0.2, -0.15) is 0 Å². The first-order chi connectivity index (χ1) is 12.3. The maximum Gasteiger partial charge on any atom is 0.332 e. The van der Waals surface area contributed by atoms with E-state index in [0.29, 0.717) is 9.21 Å². The molecule has 26 heavy (non-hydrogen) atoms. The van der Waals surface area contributed by atoms with E-state index in [0.717, 1.165) is 15.9 Å². The number of Topliss-reactive ketones (excluding diaryl/α,β-unsaturated/α-hetero) is 1. The summed E-state index contributed by atoms with van der Waals surface area (Å²) in [6, 6.07) is 3.13. The number of ether oxygens (including phenoxy) is 1. The third-order valence-electron chi connectivity index (χ3n) is 3.73. The average Bonchev–Trinajstić information content (AvgIpc) is 3.22. The summed E-state index contributed by atoms with van der Waals surface area (Å²) in [5.74, 6) is -1.08. The van der Waals surface area contributed by atoms with E-state index in [2.05, 4.69) is 4.98 Å². The molecule has 0 unspecified atom stereocenters. The van der Waals surface area contributed by atoms with Crippen LogP contribution in [0.4, 0.5) is 0 Å². The number of hydrogen-bond donors (Lipinski definition) is 0. The minimum atomic E-state index is -0.712. The number of aromatic nitrogens is 4. The second-order valence-electron chi connectivity index (χ2n) is 5.44. The van der Waals surface area contributed by atoms with Gasteiger partial charge in [0.2, 0.25) is 5.78 Å². The van der Waals surface area contributed by atoms with E-state index < -0.39 is 23.8 Å². The molecule has 0 radical (unpaired) electrons. The van der Waals surface area contributed by atoms with Crippen LogP contribution in [0.25, 0.3) is 11.2 Å². The zero-order chi connectivity index (χ0) is 19.0. The van der Waals surface area contributed by atoms with Gasteiger partial charge in [-0.1, -0.05) is 11.6 Å². The molecule has 0 amide bonds. The number of hydrogen-bond acceptors (Lipinski definition) is 7. The molecule has 0 aliphatic rings. The number of imidazole rings is 1. The Bertz CT molecular complexity index is 1140. The van der Waals surface area contributed by atoms with Crippen LogP contribution in [-0.4, -0.2) is 37.0 Å². The van der Waals surface area contributed by atoms with Crippen LogP contribution in [0.2, 0.25) is 4.34 Å². The molecular weight excluding hydrogens is 384 g/mol. The second-order valence-corrected chi connectivity index (χ2v) is 7.15. The molecule has 9 nitrogen and oxygen atoms in total. The Balaban J connectivity index is 1.77. The lowest BCUT2D eigenvalue weighted by molar-refractivity contribution is -0.143. The van der Waals surface area contributed by atoms with E-state index >= 15 is 0 Å². The molecule has 3 aromatic rings. The Morgan fingerprint density at radius 3 is 2.62 bits per heavy atom. The Morgan fingerprint density at radius 1 is 1.23 bits per heavy atom. The largest absolute Gasteiger partial charge is 0.456 e. The first-order valence-electron chi connectivity index (χ1n) is 7.34. The molecule has 0 aliphatic heterocycles. The molecule has 0 atom stereocenters. The number of ketones is 1. The fourth-order valence-electron chi connectivity index (χ4n) is 2.38. The fourth-order valence-corrected chi connectivity index (χ4v) is 3.35. The number of halogens is 1. The maximum absolute atomic E-state index is 12.3. The number of nitrogens with zero attached hydrogens (tertiary/aromatic N) is 4. The van der Waals surface area contributed by atoms with E-state index in [1.165, 1.54) is 29.6 Å². The van der Waals surface area contributed by atoms with Crippen molar-refractivity contribution in [3.8, 4) is 0 Å². The topological polar surface area (TPSA) is 105 Å². The van der Waals surface area contributed by atoms with Gasteiger partial charge in [0.25, 0.3) is 5.56 Å². The van der Waals surface area contributed by atoms with E-state index in [9.17, 15) is 19.2 Å². The first kappa shape index (κ1) is 18.1. The monoisotopic (exact) mass is 396 g/mol. The van der Waals surface area contributed by atoms with Crippen LogP contribution in [0.3, 0.4) is 0 Å². The van der Waals surface area contributed by atoms with Gasteiger partial charge in [0.05, 0.1) is 15.5 Å². The lowest BCUT2D eigenvalue weighted by Gasteiger charge is -2.07. The first-order valence-corrected chi connectivity index (χ1v) is 8.54. The molecule has 136 valence electrons. The smallest absolute Gasteiger partial charge is 0.332 e. The predicted molar refractivity (Wildman–Crippen MR) is 94.8 cm³/mol. The van der Waals surface area contributed by atoms with Crippen LogP contribution < -0.4 is 11.2 Å². The maximum atomic E-state index is 12.3. The number of fused-ring (bicyclic) bond motifs is 1. The van der Waals surface area contributed by atoms with Crippen molar-refractivity contribution in [1.82, 2.24) is 18.7 Å². The number of esters is 1. The van der Waals surface area contributed by atoms with Gasteiger partial charge in [0.15, 0.2) is 17.8 Å². The van der Waals surface area contributed by atoms with Crippen LogP contribution in [0, 0.1) is 0 Å². The molecular formula is C15H13ClN4O5S. The van der Waals surface area contributed by atoms with Crippen molar-refractivity contribution < 1.29 is 14.3 Å². The Morgan fingerprint density at radius 2 is 1.96 bits per heavy atom. The molecule has 0 saturated heterocycles. The van der Waals surface area contributed by atoms with Crippen molar-refractivity contribution in [3.63, 3.8) is 0 Å². The molecule has 11 heteroatoms. The highest BCUT2D eigenvalue weighted by atomic mass is 35.5. The van der Waals surface area contributed by atoms with Crippen molar-refractivity contribution in [2.45, 2.75) is 6.54 Å². The van der Waals surface area contributed by atoms with Crippen molar-refractivity contribution in [2.75, 3.05) is 6.61 Å². The van der Waals surface area contributed by atoms with Gasteiger partial charge in [-0.05, 0) is 12.1 Å². The van der Waals surface area contributed by atoms with E-state index in [-0.39, 0.29) is 23.5 Å². The normalized spacial score (nSPS) is 11.0. The SMILES string of the molecule is Cn1c(=O)c2c(ncn2CC(=O)OCC(=O)c2ccc(Cl)s2)n(C)c1=O. The van der Waals surface area contributed by atoms with E-state index in [1.54, 1.807) is 12.1 Å². The average molecular weight is 397 g/mol. The Kier molecular flexibility index (Phi) is 4.79. The molecule has 0 fully saturated rings. The lowest BCUT2D eigenvalue weighted by Crippen LogP contribution is -2.37. The van der Waals surface area contributed by atoms with Crippen LogP contribution in [0.15, 0.2) is 28.0 Å². The Hall–Kier alpha value is -2.72. The summed E-state index contributed by atoms with van der Waals surface area (Å²) in [4.78, 5) is 52.5. The van der Waals surface area contributed by atoms with Crippen LogP contribution in [-0.2, 0) is 30.2 Å². The minimum Gasteiger partial charge on any atom is -0.456 e. The highest BCUT2D eigenvalue weighted by molar-refractivity contribution is 7.18. The highest BCUT2D eigenvalue weighted by Crippen LogP contribution is 2.21. The Labute approximate surface area is 155 Å². The van der Waals surface area contributed by atoms with Crippen molar-refractivity contribution in [3.05, 3.63) is 48.5 Å². The lowest BCUT2D eigenvalue weighted by atomic mass is 10.3. The molecule has 0 bridgehead atoms. The number of carbonyl (C=O) groups excluding carboxylic acids is 2. The van der Waals surface area contributed by atoms with Crippen LogP contribution >= 0.6 is 22.9 Å². The zero-order valence-electron chi connectivity index (χ0n) is 13.8. The van der Waals surface area contributed by atoms with Gasteiger partial charge in [0, 0.05) is 14.1 Å². The summed E-state index contributed by atoms with van der Waals surface area (Å²) >= 11 is 6.86. The number of thiophene rings is 1. The highest BCUT2D eigenvalue weighted by Gasteiger charge is 2.17. The molecule has 0 aliphatic carbocycles. The van der Waals surface area contributed by atoms with E-state index in [1.807, 2.05) is 0 Å². The number of rotatable bonds is 5. The number of aryl methyl sites for hydroxylation is 1. The predicted octanol–water partition coefficient (Wildman–Crippen LogP) is 0.575. The summed E-state index contributed by atoms with van der Waals surface area (Å²) in [6.07, 6.45) is 1.27. The van der Waals surface area contributed by atoms with Crippen LogP contribution in [0.1, 0.15) is 9.67 Å². The molecule has 3 aromatic heterocycles. The molecule has 3 heterocycles. The summed E-state index contributed by atoms with van der Waals surface area (Å²) in [5, 5.41) is 0. The van der Waals surface area contributed by atoms with Gasteiger partial charge in [-0.15, -0.1) is 11.3 Å². The third-order valence-corrected chi connectivity index (χ3v) is 5.00. The third kappa shape index (κ3) is 3.20. The fraction of sp³-hybridized carbons (Fsp3) is 0.267. The van der Waals surface area contributed by atoms with Crippen molar-refractivity contribution in [1.29, 1.82) is 0 Å². The van der Waals surface area contributed by atoms with Gasteiger partial charge < -0.3 is 9.30 Å². The summed E-state index contributed by atoms with van der Waals surface area (Å²) in [5.41, 5.74) is -0.827. The molecule has 0 aromatic carbocycles.